The van der Waals surface area contributed by atoms with Crippen LogP contribution in [0.4, 0.5) is 0 Å². The second kappa shape index (κ2) is 55.7. The highest BCUT2D eigenvalue weighted by atomic mass is 16.6. The van der Waals surface area contributed by atoms with Crippen LogP contribution in [0.1, 0.15) is 290 Å². The van der Waals surface area contributed by atoms with Gasteiger partial charge in [0.05, 0.1) is 0 Å². The molecule has 1 unspecified atom stereocenters. The Morgan fingerprint density at radius 2 is 0.582 bits per heavy atom. The van der Waals surface area contributed by atoms with Gasteiger partial charge in [0, 0.05) is 19.3 Å². The maximum Gasteiger partial charge on any atom is 0.306 e. The predicted molar refractivity (Wildman–Crippen MR) is 288 cm³/mol. The van der Waals surface area contributed by atoms with Crippen LogP contribution in [0.5, 0.6) is 0 Å². The molecule has 0 aromatic carbocycles. The van der Waals surface area contributed by atoms with Crippen molar-refractivity contribution in [2.75, 3.05) is 13.2 Å². The molecule has 0 bridgehead atoms. The second-order valence-electron chi connectivity index (χ2n) is 19.2. The topological polar surface area (TPSA) is 78.9 Å². The van der Waals surface area contributed by atoms with E-state index >= 15 is 0 Å². The van der Waals surface area contributed by atoms with E-state index in [4.69, 9.17) is 14.2 Å². The van der Waals surface area contributed by atoms with Crippen LogP contribution in [0.15, 0.2) is 60.8 Å². The fourth-order valence-corrected chi connectivity index (χ4v) is 8.19. The van der Waals surface area contributed by atoms with Crippen molar-refractivity contribution in [1.29, 1.82) is 0 Å². The summed E-state index contributed by atoms with van der Waals surface area (Å²) in [5, 5.41) is 0. The second-order valence-corrected chi connectivity index (χ2v) is 19.2. The molecule has 388 valence electrons. The van der Waals surface area contributed by atoms with Crippen molar-refractivity contribution in [1.82, 2.24) is 0 Å². The van der Waals surface area contributed by atoms with E-state index < -0.39 is 6.10 Å². The molecule has 0 N–H and O–H groups in total. The summed E-state index contributed by atoms with van der Waals surface area (Å²) in [6.45, 7) is 6.53. The van der Waals surface area contributed by atoms with E-state index in [1.165, 1.54) is 148 Å². The first kappa shape index (κ1) is 64.1. The number of carbonyl (C=O) groups excluding carboxylic acids is 3. The zero-order chi connectivity index (χ0) is 48.6. The van der Waals surface area contributed by atoms with Gasteiger partial charge in [-0.2, -0.15) is 0 Å². The highest BCUT2D eigenvalue weighted by Crippen LogP contribution is 2.16. The summed E-state index contributed by atoms with van der Waals surface area (Å²) in [6, 6.07) is 0. The van der Waals surface area contributed by atoms with Crippen LogP contribution in [0.3, 0.4) is 0 Å². The normalized spacial score (nSPS) is 12.5. The van der Waals surface area contributed by atoms with Crippen LogP contribution in [0.25, 0.3) is 0 Å². The van der Waals surface area contributed by atoms with Crippen LogP contribution in [-0.2, 0) is 28.6 Å². The zero-order valence-electron chi connectivity index (χ0n) is 44.4. The fraction of sp³-hybridized carbons (Fsp3) is 0.787. The molecule has 0 aliphatic heterocycles. The summed E-state index contributed by atoms with van der Waals surface area (Å²) in [7, 11) is 0. The Balaban J connectivity index is 4.39. The van der Waals surface area contributed by atoms with Gasteiger partial charge in [-0.05, 0) is 83.5 Å². The van der Waals surface area contributed by atoms with Crippen molar-refractivity contribution in [3.05, 3.63) is 60.8 Å². The van der Waals surface area contributed by atoms with E-state index in [9.17, 15) is 14.4 Å². The average molecular weight is 938 g/mol. The molecule has 0 aliphatic rings. The van der Waals surface area contributed by atoms with Crippen molar-refractivity contribution in [2.24, 2.45) is 0 Å². The number of hydrogen-bond acceptors (Lipinski definition) is 6. The molecule has 0 aromatic heterocycles. The Labute approximate surface area is 415 Å². The van der Waals surface area contributed by atoms with E-state index in [1.807, 2.05) is 0 Å². The third-order valence-corrected chi connectivity index (χ3v) is 12.5. The van der Waals surface area contributed by atoms with Gasteiger partial charge in [0.15, 0.2) is 6.10 Å². The molecule has 0 amide bonds. The van der Waals surface area contributed by atoms with E-state index in [-0.39, 0.29) is 31.1 Å². The standard InChI is InChI=1S/C61H108O6/c1-4-7-10-13-16-19-22-25-28-30-31-32-34-36-39-42-45-48-51-54-60(63)66-57-58(56-65-59(62)53-50-47-44-41-38-35-27-24-21-18-15-12-9-6-3)67-61(64)55-52-49-46-43-40-37-33-29-26-23-20-17-14-11-8-5-2/h7,10,16,19,25,28-29,31-33,58H,4-6,8-9,11-15,17-18,20-24,26-27,30,34-57H2,1-3H3/b10-7-,19-16-,28-25-,32-31-,33-29-. The first-order valence-electron chi connectivity index (χ1n) is 28.8. The Kier molecular flexibility index (Phi) is 53.3. The smallest absolute Gasteiger partial charge is 0.306 e. The van der Waals surface area contributed by atoms with Gasteiger partial charge in [-0.1, -0.05) is 248 Å². The summed E-state index contributed by atoms with van der Waals surface area (Å²) in [4.78, 5) is 38.1. The van der Waals surface area contributed by atoms with Gasteiger partial charge in [0.2, 0.25) is 0 Å². The summed E-state index contributed by atoms with van der Waals surface area (Å²) in [6.07, 6.45) is 69.2. The third kappa shape index (κ3) is 53.9. The first-order valence-corrected chi connectivity index (χ1v) is 28.8. The molecule has 0 aromatic rings. The van der Waals surface area contributed by atoms with Crippen molar-refractivity contribution in [3.8, 4) is 0 Å². The summed E-state index contributed by atoms with van der Waals surface area (Å²) < 4.78 is 16.9. The number of rotatable bonds is 52. The lowest BCUT2D eigenvalue weighted by Crippen LogP contribution is -2.30. The predicted octanol–water partition coefficient (Wildman–Crippen LogP) is 19.2. The third-order valence-electron chi connectivity index (χ3n) is 12.5. The minimum absolute atomic E-state index is 0.0795. The van der Waals surface area contributed by atoms with E-state index in [1.54, 1.807) is 0 Å². The highest BCUT2D eigenvalue weighted by Gasteiger charge is 2.19. The Bertz CT molecular complexity index is 1210. The van der Waals surface area contributed by atoms with E-state index in [0.29, 0.717) is 19.3 Å². The molecule has 0 aliphatic carbocycles. The summed E-state index contributed by atoms with van der Waals surface area (Å²) in [5.41, 5.74) is 0. The van der Waals surface area contributed by atoms with Gasteiger partial charge in [-0.15, -0.1) is 0 Å². The molecule has 6 nitrogen and oxygen atoms in total. The largest absolute Gasteiger partial charge is 0.462 e. The molecule has 0 fully saturated rings. The van der Waals surface area contributed by atoms with Gasteiger partial charge in [0.25, 0.3) is 0 Å². The molecule has 6 heteroatoms. The Hall–Kier alpha value is -2.89. The average Bonchev–Trinajstić information content (AvgIpc) is 3.33. The molecule has 0 spiro atoms. The molecule has 0 rings (SSSR count). The van der Waals surface area contributed by atoms with Crippen LogP contribution in [-0.4, -0.2) is 37.2 Å². The van der Waals surface area contributed by atoms with Gasteiger partial charge in [-0.3, -0.25) is 14.4 Å². The van der Waals surface area contributed by atoms with Crippen molar-refractivity contribution >= 4 is 17.9 Å². The Morgan fingerprint density at radius 1 is 0.313 bits per heavy atom. The summed E-state index contributed by atoms with van der Waals surface area (Å²) in [5.74, 6) is -0.890. The Morgan fingerprint density at radius 3 is 0.925 bits per heavy atom. The van der Waals surface area contributed by atoms with E-state index in [0.717, 1.165) is 103 Å². The number of ether oxygens (including phenoxy) is 3. The molecular formula is C61H108O6. The SMILES string of the molecule is CC/C=C\C/C=C\C/C=C\C/C=C\CCCCCCCCC(=O)OCC(COC(=O)CCCCCCCCCCCCCCCC)OC(=O)CCCCCCC/C=C\CCCCCCCCC. The number of unbranched alkanes of at least 4 members (excludes halogenated alkanes) is 31. The number of esters is 3. The number of carbonyl (C=O) groups is 3. The molecular weight excluding hydrogens is 829 g/mol. The highest BCUT2D eigenvalue weighted by molar-refractivity contribution is 5.71. The zero-order valence-corrected chi connectivity index (χ0v) is 44.4. The monoisotopic (exact) mass is 937 g/mol. The summed E-state index contributed by atoms with van der Waals surface area (Å²) >= 11 is 0. The quantitative estimate of drug-likeness (QED) is 0.0262. The van der Waals surface area contributed by atoms with Gasteiger partial charge in [0.1, 0.15) is 13.2 Å². The van der Waals surface area contributed by atoms with Gasteiger partial charge >= 0.3 is 17.9 Å². The van der Waals surface area contributed by atoms with Crippen LogP contribution < -0.4 is 0 Å². The molecule has 0 radical (unpaired) electrons. The number of hydrogen-bond donors (Lipinski definition) is 0. The first-order chi connectivity index (χ1) is 33.0. The molecule has 0 saturated heterocycles. The lowest BCUT2D eigenvalue weighted by Gasteiger charge is -2.18. The van der Waals surface area contributed by atoms with Crippen LogP contribution >= 0.6 is 0 Å². The van der Waals surface area contributed by atoms with Crippen LogP contribution in [0, 0.1) is 0 Å². The minimum atomic E-state index is -0.783. The molecule has 0 heterocycles. The van der Waals surface area contributed by atoms with Crippen molar-refractivity contribution in [3.63, 3.8) is 0 Å². The van der Waals surface area contributed by atoms with Gasteiger partial charge in [-0.25, -0.2) is 0 Å². The lowest BCUT2D eigenvalue weighted by atomic mass is 10.0. The maximum absolute atomic E-state index is 12.8. The number of allylic oxidation sites excluding steroid dienone is 10. The van der Waals surface area contributed by atoms with Crippen molar-refractivity contribution < 1.29 is 28.6 Å². The molecule has 0 saturated carbocycles. The minimum Gasteiger partial charge on any atom is -0.462 e. The molecule has 1 atom stereocenters. The lowest BCUT2D eigenvalue weighted by molar-refractivity contribution is -0.167. The van der Waals surface area contributed by atoms with Crippen LogP contribution in [0.2, 0.25) is 0 Å². The maximum atomic E-state index is 12.8. The molecule has 67 heavy (non-hydrogen) atoms. The fourth-order valence-electron chi connectivity index (χ4n) is 8.19. The van der Waals surface area contributed by atoms with Crippen molar-refractivity contribution in [2.45, 2.75) is 297 Å². The van der Waals surface area contributed by atoms with Gasteiger partial charge < -0.3 is 14.2 Å². The van der Waals surface area contributed by atoms with E-state index in [2.05, 4.69) is 81.5 Å².